The minimum atomic E-state index is 0.529. The topological polar surface area (TPSA) is 42.3 Å². The zero-order chi connectivity index (χ0) is 12.8. The van der Waals surface area contributed by atoms with Gasteiger partial charge in [-0.15, -0.1) is 0 Å². The van der Waals surface area contributed by atoms with Gasteiger partial charge in [0.25, 0.3) is 0 Å². The molecule has 1 rings (SSSR count). The van der Waals surface area contributed by atoms with Crippen LogP contribution in [-0.2, 0) is 18.3 Å². The summed E-state index contributed by atoms with van der Waals surface area (Å²) in [7, 11) is 7.78. The van der Waals surface area contributed by atoms with Crippen LogP contribution in [0.25, 0.3) is 0 Å². The second-order valence-electron chi connectivity index (χ2n) is 4.69. The largest absolute Gasteiger partial charge is 0.384 e. The van der Waals surface area contributed by atoms with Crippen LogP contribution in [0, 0.1) is 5.92 Å². The molecule has 0 aliphatic rings. The lowest BCUT2D eigenvalue weighted by atomic mass is 10.2. The molecule has 0 saturated heterocycles. The predicted octanol–water partition coefficient (Wildman–Crippen LogP) is 0.858. The lowest BCUT2D eigenvalue weighted by Gasteiger charge is -2.14. The fraction of sp³-hybridized carbons (Fsp3) is 0.750. The molecule has 17 heavy (non-hydrogen) atoms. The molecule has 0 spiro atoms. The maximum Gasteiger partial charge on any atom is 0.204 e. The standard InChI is InChI=1S/C12H24N4O/c1-10(9-17-5)6-13-7-11-8-14-12(15(2)3)16(11)4/h8,10,13H,6-7,9H2,1-5H3. The smallest absolute Gasteiger partial charge is 0.204 e. The minimum Gasteiger partial charge on any atom is -0.384 e. The summed E-state index contributed by atoms with van der Waals surface area (Å²) >= 11 is 0. The Hall–Kier alpha value is -1.07. The van der Waals surface area contributed by atoms with E-state index < -0.39 is 0 Å². The average molecular weight is 240 g/mol. The van der Waals surface area contributed by atoms with Gasteiger partial charge in [0.05, 0.1) is 11.9 Å². The van der Waals surface area contributed by atoms with Crippen LogP contribution in [0.2, 0.25) is 0 Å². The lowest BCUT2D eigenvalue weighted by molar-refractivity contribution is 0.158. The third-order valence-electron chi connectivity index (χ3n) is 2.71. The van der Waals surface area contributed by atoms with Gasteiger partial charge in [0, 0.05) is 47.9 Å². The molecule has 0 amide bonds. The van der Waals surface area contributed by atoms with Crippen molar-refractivity contribution < 1.29 is 4.74 Å². The summed E-state index contributed by atoms with van der Waals surface area (Å²) in [6.45, 7) is 4.76. The summed E-state index contributed by atoms with van der Waals surface area (Å²) in [4.78, 5) is 6.38. The van der Waals surface area contributed by atoms with Crippen molar-refractivity contribution in [1.29, 1.82) is 0 Å². The number of methoxy groups -OCH3 is 1. The fourth-order valence-corrected chi connectivity index (χ4v) is 1.80. The zero-order valence-corrected chi connectivity index (χ0v) is 11.5. The normalized spacial score (nSPS) is 12.8. The molecule has 1 atom stereocenters. The first-order valence-corrected chi connectivity index (χ1v) is 5.93. The molecule has 1 heterocycles. The van der Waals surface area contributed by atoms with Crippen molar-refractivity contribution in [1.82, 2.24) is 14.9 Å². The fourth-order valence-electron chi connectivity index (χ4n) is 1.80. The van der Waals surface area contributed by atoms with E-state index in [2.05, 4.69) is 21.8 Å². The van der Waals surface area contributed by atoms with Gasteiger partial charge in [-0.3, -0.25) is 0 Å². The number of ether oxygens (including phenoxy) is 1. The Balaban J connectivity index is 2.42. The molecule has 0 fully saturated rings. The highest BCUT2D eigenvalue weighted by Gasteiger charge is 2.08. The van der Waals surface area contributed by atoms with Gasteiger partial charge in [-0.25, -0.2) is 4.98 Å². The third-order valence-corrected chi connectivity index (χ3v) is 2.71. The number of hydrogen-bond donors (Lipinski definition) is 1. The van der Waals surface area contributed by atoms with Crippen molar-refractivity contribution in [2.75, 3.05) is 39.3 Å². The van der Waals surface area contributed by atoms with Gasteiger partial charge < -0.3 is 19.5 Å². The van der Waals surface area contributed by atoms with E-state index in [1.807, 2.05) is 32.2 Å². The van der Waals surface area contributed by atoms with Crippen LogP contribution in [-0.4, -0.2) is 43.9 Å². The highest BCUT2D eigenvalue weighted by atomic mass is 16.5. The number of imidazole rings is 1. The zero-order valence-electron chi connectivity index (χ0n) is 11.5. The predicted molar refractivity (Wildman–Crippen MR) is 70.3 cm³/mol. The first kappa shape index (κ1) is 14.0. The van der Waals surface area contributed by atoms with Crippen molar-refractivity contribution in [3.63, 3.8) is 0 Å². The molecule has 5 nitrogen and oxygen atoms in total. The summed E-state index contributed by atoms with van der Waals surface area (Å²) in [5.74, 6) is 1.51. The lowest BCUT2D eigenvalue weighted by Crippen LogP contribution is -2.24. The van der Waals surface area contributed by atoms with E-state index in [-0.39, 0.29) is 0 Å². The molecule has 0 aromatic carbocycles. The molecule has 0 aliphatic carbocycles. The van der Waals surface area contributed by atoms with Crippen LogP contribution in [0.15, 0.2) is 6.20 Å². The average Bonchev–Trinajstić information content (AvgIpc) is 2.61. The third kappa shape index (κ3) is 4.02. The number of nitrogens with zero attached hydrogens (tertiary/aromatic N) is 3. The SMILES string of the molecule is COCC(C)CNCc1cnc(N(C)C)n1C. The Morgan fingerprint density at radius 3 is 2.76 bits per heavy atom. The van der Waals surface area contributed by atoms with E-state index in [1.54, 1.807) is 7.11 Å². The molecular formula is C12H24N4O. The summed E-state index contributed by atoms with van der Waals surface area (Å²) in [5.41, 5.74) is 1.19. The number of aromatic nitrogens is 2. The van der Waals surface area contributed by atoms with Gasteiger partial charge in [-0.2, -0.15) is 0 Å². The summed E-state index contributed by atoms with van der Waals surface area (Å²) in [5, 5.41) is 3.42. The van der Waals surface area contributed by atoms with E-state index in [1.165, 1.54) is 5.69 Å². The van der Waals surface area contributed by atoms with E-state index in [0.717, 1.165) is 25.6 Å². The highest BCUT2D eigenvalue weighted by Crippen LogP contribution is 2.10. The molecule has 0 radical (unpaired) electrons. The first-order chi connectivity index (χ1) is 8.06. The van der Waals surface area contributed by atoms with E-state index in [4.69, 9.17) is 4.74 Å². The molecular weight excluding hydrogens is 216 g/mol. The van der Waals surface area contributed by atoms with Crippen molar-refractivity contribution >= 4 is 5.95 Å². The highest BCUT2D eigenvalue weighted by molar-refractivity contribution is 5.30. The van der Waals surface area contributed by atoms with Gasteiger partial charge in [0.2, 0.25) is 5.95 Å². The van der Waals surface area contributed by atoms with Crippen molar-refractivity contribution in [2.45, 2.75) is 13.5 Å². The molecule has 0 saturated carbocycles. The Kier molecular flexibility index (Phi) is 5.44. The van der Waals surface area contributed by atoms with Crippen molar-refractivity contribution in [3.05, 3.63) is 11.9 Å². The second-order valence-corrected chi connectivity index (χ2v) is 4.69. The van der Waals surface area contributed by atoms with Crippen molar-refractivity contribution in [2.24, 2.45) is 13.0 Å². The Bertz CT molecular complexity index is 335. The molecule has 98 valence electrons. The first-order valence-electron chi connectivity index (χ1n) is 5.93. The van der Waals surface area contributed by atoms with Crippen molar-refractivity contribution in [3.8, 4) is 0 Å². The van der Waals surface area contributed by atoms with Crippen LogP contribution < -0.4 is 10.2 Å². The van der Waals surface area contributed by atoms with Gasteiger partial charge in [-0.1, -0.05) is 6.92 Å². The van der Waals surface area contributed by atoms with E-state index >= 15 is 0 Å². The maximum absolute atomic E-state index is 5.10. The number of rotatable bonds is 7. The number of nitrogens with one attached hydrogen (secondary N) is 1. The van der Waals surface area contributed by atoms with Gasteiger partial charge >= 0.3 is 0 Å². The molecule has 1 N–H and O–H groups in total. The van der Waals surface area contributed by atoms with Crippen LogP contribution in [0.1, 0.15) is 12.6 Å². The monoisotopic (exact) mass is 240 g/mol. The van der Waals surface area contributed by atoms with Gasteiger partial charge in [-0.05, 0) is 5.92 Å². The Morgan fingerprint density at radius 2 is 2.24 bits per heavy atom. The van der Waals surface area contributed by atoms with E-state index in [9.17, 15) is 0 Å². The maximum atomic E-state index is 5.10. The second kappa shape index (κ2) is 6.61. The summed E-state index contributed by atoms with van der Waals surface area (Å²) < 4.78 is 7.21. The summed E-state index contributed by atoms with van der Waals surface area (Å²) in [6, 6.07) is 0. The van der Waals surface area contributed by atoms with E-state index in [0.29, 0.717) is 5.92 Å². The van der Waals surface area contributed by atoms with Gasteiger partial charge in [0.1, 0.15) is 0 Å². The van der Waals surface area contributed by atoms with Crippen LogP contribution in [0.3, 0.4) is 0 Å². The van der Waals surface area contributed by atoms with Gasteiger partial charge in [0.15, 0.2) is 0 Å². The van der Waals surface area contributed by atoms with Crippen LogP contribution in [0.4, 0.5) is 5.95 Å². The molecule has 5 heteroatoms. The molecule has 1 aromatic heterocycles. The molecule has 1 unspecified atom stereocenters. The number of hydrogen-bond acceptors (Lipinski definition) is 4. The Labute approximate surface area is 104 Å². The molecule has 0 aliphatic heterocycles. The van der Waals surface area contributed by atoms with Crippen LogP contribution >= 0.6 is 0 Å². The summed E-state index contributed by atoms with van der Waals surface area (Å²) in [6.07, 6.45) is 1.92. The Morgan fingerprint density at radius 1 is 1.53 bits per heavy atom. The molecule has 0 bridgehead atoms. The minimum absolute atomic E-state index is 0.529. The quantitative estimate of drug-likeness (QED) is 0.767. The van der Waals surface area contributed by atoms with Crippen LogP contribution in [0.5, 0.6) is 0 Å². The molecule has 1 aromatic rings. The number of anilines is 1.